The lowest BCUT2D eigenvalue weighted by molar-refractivity contribution is 0.632. The van der Waals surface area contributed by atoms with E-state index < -0.39 is 5.69 Å². The lowest BCUT2D eigenvalue weighted by Crippen LogP contribution is -2.24. The topological polar surface area (TPSA) is 65.7 Å². The summed E-state index contributed by atoms with van der Waals surface area (Å²) in [7, 11) is 0. The van der Waals surface area contributed by atoms with Crippen molar-refractivity contribution >= 4 is 12.6 Å². The second-order valence-electron chi connectivity index (χ2n) is 3.84. The molecule has 0 aliphatic rings. The molecular weight excluding hydrogens is 224 g/mol. The normalized spacial score (nSPS) is 10.6. The Hall–Kier alpha value is -0.970. The molecule has 0 atom stereocenters. The fraction of sp³-hybridized carbons (Fsp3) is 0.636. The third-order valence-electron chi connectivity index (χ3n) is 2.50. The van der Waals surface area contributed by atoms with Gasteiger partial charge >= 0.3 is 5.69 Å². The van der Waals surface area contributed by atoms with Crippen LogP contribution in [0.5, 0.6) is 0 Å². The molecule has 0 bridgehead atoms. The van der Waals surface area contributed by atoms with Crippen LogP contribution in [0, 0.1) is 0 Å². The molecule has 0 spiro atoms. The van der Waals surface area contributed by atoms with Gasteiger partial charge in [-0.3, -0.25) is 9.78 Å². The summed E-state index contributed by atoms with van der Waals surface area (Å²) in [6.45, 7) is 0. The van der Waals surface area contributed by atoms with E-state index in [0.29, 0.717) is 5.56 Å². The molecule has 16 heavy (non-hydrogen) atoms. The highest BCUT2D eigenvalue weighted by atomic mass is 32.1. The van der Waals surface area contributed by atoms with Crippen LogP contribution in [0.15, 0.2) is 15.8 Å². The molecule has 0 aromatic carbocycles. The SMILES string of the molecule is O=c1[nH]cc(CCCCCCCS)c(=O)[nH]1. The molecule has 1 aromatic heterocycles. The lowest BCUT2D eigenvalue weighted by Gasteiger charge is -2.00. The van der Waals surface area contributed by atoms with Gasteiger partial charge in [0.1, 0.15) is 0 Å². The number of aromatic amines is 2. The average molecular weight is 242 g/mol. The molecule has 0 unspecified atom stereocenters. The van der Waals surface area contributed by atoms with Gasteiger partial charge in [-0.15, -0.1) is 0 Å². The molecule has 2 N–H and O–H groups in total. The molecule has 0 amide bonds. The van der Waals surface area contributed by atoms with Gasteiger partial charge in [0, 0.05) is 11.8 Å². The number of nitrogens with one attached hydrogen (secondary N) is 2. The van der Waals surface area contributed by atoms with E-state index in [0.717, 1.165) is 31.4 Å². The van der Waals surface area contributed by atoms with E-state index in [4.69, 9.17) is 0 Å². The second kappa shape index (κ2) is 7.33. The standard InChI is InChI=1S/C11H18N2O2S/c14-10-9(8-12-11(15)13-10)6-4-2-1-3-5-7-16/h8,16H,1-7H2,(H2,12,13,14,15). The van der Waals surface area contributed by atoms with Crippen LogP contribution in [0.4, 0.5) is 0 Å². The van der Waals surface area contributed by atoms with Crippen LogP contribution in [0.3, 0.4) is 0 Å². The number of hydrogen-bond acceptors (Lipinski definition) is 3. The Kier molecular flexibility index (Phi) is 6.00. The van der Waals surface area contributed by atoms with Gasteiger partial charge in [0.2, 0.25) is 0 Å². The van der Waals surface area contributed by atoms with Crippen molar-refractivity contribution in [3.8, 4) is 0 Å². The third kappa shape index (κ3) is 4.70. The van der Waals surface area contributed by atoms with Crippen LogP contribution in [0.25, 0.3) is 0 Å². The zero-order chi connectivity index (χ0) is 11.8. The van der Waals surface area contributed by atoms with E-state index in [-0.39, 0.29) is 5.56 Å². The van der Waals surface area contributed by atoms with E-state index in [1.165, 1.54) is 19.0 Å². The third-order valence-corrected chi connectivity index (χ3v) is 2.82. The molecule has 0 aliphatic heterocycles. The van der Waals surface area contributed by atoms with Gasteiger partial charge in [0.25, 0.3) is 5.56 Å². The van der Waals surface area contributed by atoms with Gasteiger partial charge in [0.05, 0.1) is 0 Å². The molecular formula is C11H18N2O2S. The van der Waals surface area contributed by atoms with Gasteiger partial charge in [0.15, 0.2) is 0 Å². The summed E-state index contributed by atoms with van der Waals surface area (Å²) in [5.41, 5.74) is -0.0459. The Balaban J connectivity index is 2.27. The molecule has 1 rings (SSSR count). The van der Waals surface area contributed by atoms with Crippen molar-refractivity contribution in [1.82, 2.24) is 9.97 Å². The van der Waals surface area contributed by atoms with Gasteiger partial charge in [-0.1, -0.05) is 19.3 Å². The summed E-state index contributed by atoms with van der Waals surface area (Å²) in [5, 5.41) is 0. The summed E-state index contributed by atoms with van der Waals surface area (Å²) >= 11 is 4.15. The molecule has 0 aliphatic carbocycles. The van der Waals surface area contributed by atoms with Crippen molar-refractivity contribution in [2.45, 2.75) is 38.5 Å². The first-order valence-corrected chi connectivity index (χ1v) is 6.29. The highest BCUT2D eigenvalue weighted by molar-refractivity contribution is 7.80. The highest BCUT2D eigenvalue weighted by Gasteiger charge is 1.99. The predicted octanol–water partition coefficient (Wildman–Crippen LogP) is 1.49. The molecule has 5 heteroatoms. The molecule has 1 aromatic rings. The van der Waals surface area contributed by atoms with Crippen LogP contribution in [0.1, 0.15) is 37.7 Å². The summed E-state index contributed by atoms with van der Waals surface area (Å²) in [6.07, 6.45) is 7.88. The summed E-state index contributed by atoms with van der Waals surface area (Å²) in [5.74, 6) is 0.944. The summed E-state index contributed by atoms with van der Waals surface area (Å²) in [4.78, 5) is 26.8. The number of H-pyrrole nitrogens is 2. The minimum Gasteiger partial charge on any atom is -0.314 e. The molecule has 0 saturated carbocycles. The largest absolute Gasteiger partial charge is 0.325 e. The first-order valence-electron chi connectivity index (χ1n) is 5.66. The smallest absolute Gasteiger partial charge is 0.314 e. The van der Waals surface area contributed by atoms with E-state index in [9.17, 15) is 9.59 Å². The first kappa shape index (κ1) is 13.1. The zero-order valence-electron chi connectivity index (χ0n) is 9.29. The number of aryl methyl sites for hydroxylation is 1. The predicted molar refractivity (Wildman–Crippen MR) is 68.3 cm³/mol. The van der Waals surface area contributed by atoms with Crippen LogP contribution < -0.4 is 11.2 Å². The Bertz CT molecular complexity index is 411. The van der Waals surface area contributed by atoms with Gasteiger partial charge in [-0.05, 0) is 25.0 Å². The van der Waals surface area contributed by atoms with E-state index >= 15 is 0 Å². The Morgan fingerprint density at radius 2 is 1.75 bits per heavy atom. The Morgan fingerprint density at radius 3 is 2.44 bits per heavy atom. The summed E-state index contributed by atoms with van der Waals surface area (Å²) < 4.78 is 0. The molecule has 0 fully saturated rings. The summed E-state index contributed by atoms with van der Waals surface area (Å²) in [6, 6.07) is 0. The number of aromatic nitrogens is 2. The van der Waals surface area contributed by atoms with Gasteiger partial charge in [-0.2, -0.15) is 12.6 Å². The molecule has 1 heterocycles. The number of unbranched alkanes of at least 4 members (excludes halogenated alkanes) is 4. The fourth-order valence-electron chi connectivity index (χ4n) is 1.58. The average Bonchev–Trinajstić information content (AvgIpc) is 2.26. The maximum absolute atomic E-state index is 11.3. The van der Waals surface area contributed by atoms with Crippen molar-refractivity contribution in [1.29, 1.82) is 0 Å². The number of rotatable bonds is 7. The van der Waals surface area contributed by atoms with Crippen molar-refractivity contribution in [2.24, 2.45) is 0 Å². The Labute approximate surface area is 99.9 Å². The molecule has 4 nitrogen and oxygen atoms in total. The fourth-order valence-corrected chi connectivity index (χ4v) is 1.80. The first-order chi connectivity index (χ1) is 7.74. The van der Waals surface area contributed by atoms with E-state index in [1.807, 2.05) is 0 Å². The lowest BCUT2D eigenvalue weighted by atomic mass is 10.1. The highest BCUT2D eigenvalue weighted by Crippen LogP contribution is 2.06. The molecule has 0 saturated heterocycles. The molecule has 0 radical (unpaired) electrons. The minimum absolute atomic E-state index is 0.265. The van der Waals surface area contributed by atoms with Crippen LogP contribution >= 0.6 is 12.6 Å². The van der Waals surface area contributed by atoms with Crippen LogP contribution in [-0.2, 0) is 6.42 Å². The van der Waals surface area contributed by atoms with Crippen molar-refractivity contribution in [3.63, 3.8) is 0 Å². The zero-order valence-corrected chi connectivity index (χ0v) is 10.2. The maximum atomic E-state index is 11.3. The van der Waals surface area contributed by atoms with E-state index in [1.54, 1.807) is 0 Å². The monoisotopic (exact) mass is 242 g/mol. The second-order valence-corrected chi connectivity index (χ2v) is 4.29. The minimum atomic E-state index is -0.442. The number of hydrogen-bond donors (Lipinski definition) is 3. The Morgan fingerprint density at radius 1 is 1.06 bits per heavy atom. The molecule has 90 valence electrons. The van der Waals surface area contributed by atoms with Crippen LogP contribution in [0.2, 0.25) is 0 Å². The van der Waals surface area contributed by atoms with E-state index in [2.05, 4.69) is 22.6 Å². The maximum Gasteiger partial charge on any atom is 0.325 e. The van der Waals surface area contributed by atoms with Crippen LogP contribution in [-0.4, -0.2) is 15.7 Å². The van der Waals surface area contributed by atoms with Gasteiger partial charge < -0.3 is 4.98 Å². The quantitative estimate of drug-likeness (QED) is 0.501. The van der Waals surface area contributed by atoms with Crippen molar-refractivity contribution in [3.05, 3.63) is 32.6 Å². The van der Waals surface area contributed by atoms with Crippen molar-refractivity contribution < 1.29 is 0 Å². The van der Waals surface area contributed by atoms with Crippen molar-refractivity contribution in [2.75, 3.05) is 5.75 Å². The van der Waals surface area contributed by atoms with Gasteiger partial charge in [-0.25, -0.2) is 4.79 Å². The number of thiol groups is 1.